The van der Waals surface area contributed by atoms with Crippen molar-refractivity contribution in [1.29, 1.82) is 0 Å². The number of unbranched alkanes of at least 4 members (excludes halogenated alkanes) is 2. The highest BCUT2D eigenvalue weighted by Gasteiger charge is 2.60. The molecule has 1 fully saturated rings. The van der Waals surface area contributed by atoms with Crippen molar-refractivity contribution in [2.45, 2.75) is 89.6 Å². The molecule has 1 unspecified atom stereocenters. The summed E-state index contributed by atoms with van der Waals surface area (Å²) < 4.78 is 17.4. The second kappa shape index (κ2) is 7.67. The molecule has 8 nitrogen and oxygen atoms in total. The van der Waals surface area contributed by atoms with Crippen LogP contribution in [0, 0.1) is 0 Å². The second-order valence-electron chi connectivity index (χ2n) is 7.94. The van der Waals surface area contributed by atoms with Gasteiger partial charge >= 0.3 is 0 Å². The summed E-state index contributed by atoms with van der Waals surface area (Å²) in [4.78, 5) is 17.9. The summed E-state index contributed by atoms with van der Waals surface area (Å²) >= 11 is 0. The molecule has 8 heteroatoms. The number of rotatable bonds is 8. The number of carbonyl (C=O) groups excluding carboxylic acids is 1. The molecule has 1 saturated heterocycles. The number of hydrogen-bond donors (Lipinski definition) is 2. The molecular formula is C19H33NO7. The zero-order valence-electron chi connectivity index (χ0n) is 17.4. The Morgan fingerprint density at radius 3 is 2.37 bits per heavy atom. The van der Waals surface area contributed by atoms with Crippen molar-refractivity contribution in [3.8, 4) is 0 Å². The lowest BCUT2D eigenvalue weighted by Crippen LogP contribution is -2.51. The van der Waals surface area contributed by atoms with E-state index in [1.54, 1.807) is 20.8 Å². The first-order valence-electron chi connectivity index (χ1n) is 9.42. The second-order valence-corrected chi connectivity index (χ2v) is 7.94. The van der Waals surface area contributed by atoms with Gasteiger partial charge in [0.2, 0.25) is 5.72 Å². The summed E-state index contributed by atoms with van der Waals surface area (Å²) in [7, 11) is 2.60. The molecule has 0 radical (unpaired) electrons. The standard InChI is InChI=1S/C19H33NO7/c1-8-9-10-11-12-18(4,27-17(2,3)26-12)14(21)13-15(24-6)19(5,23)20(25-7)16(13)22/h12,14,21,23H,8-11H2,1-7H3/t12-,14-,18+,19?/m1/s1. The maximum Gasteiger partial charge on any atom is 0.282 e. The molecule has 0 aromatic rings. The highest BCUT2D eigenvalue weighted by atomic mass is 16.8. The molecular weight excluding hydrogens is 354 g/mol. The maximum absolute atomic E-state index is 12.8. The van der Waals surface area contributed by atoms with Gasteiger partial charge in [0, 0.05) is 0 Å². The van der Waals surface area contributed by atoms with Gasteiger partial charge in [-0.2, -0.15) is 5.06 Å². The van der Waals surface area contributed by atoms with Crippen molar-refractivity contribution in [1.82, 2.24) is 5.06 Å². The smallest absolute Gasteiger partial charge is 0.282 e. The average Bonchev–Trinajstić information content (AvgIpc) is 2.92. The van der Waals surface area contributed by atoms with Crippen molar-refractivity contribution < 1.29 is 34.1 Å². The summed E-state index contributed by atoms with van der Waals surface area (Å²) in [6, 6.07) is 0. The number of ether oxygens (including phenoxy) is 3. The molecule has 2 heterocycles. The summed E-state index contributed by atoms with van der Waals surface area (Å²) in [5.74, 6) is -1.65. The van der Waals surface area contributed by atoms with E-state index in [2.05, 4.69) is 6.92 Å². The Morgan fingerprint density at radius 2 is 1.85 bits per heavy atom. The third-order valence-electron chi connectivity index (χ3n) is 5.29. The van der Waals surface area contributed by atoms with Crippen LogP contribution in [0.4, 0.5) is 0 Å². The van der Waals surface area contributed by atoms with Gasteiger partial charge in [0.15, 0.2) is 11.5 Å². The number of hydroxylamine groups is 2. The van der Waals surface area contributed by atoms with Gasteiger partial charge in [0.05, 0.1) is 25.9 Å². The van der Waals surface area contributed by atoms with E-state index in [1.165, 1.54) is 21.1 Å². The van der Waals surface area contributed by atoms with Crippen LogP contribution in [0.5, 0.6) is 0 Å². The molecule has 27 heavy (non-hydrogen) atoms. The Morgan fingerprint density at radius 1 is 1.22 bits per heavy atom. The van der Waals surface area contributed by atoms with Crippen LogP contribution >= 0.6 is 0 Å². The van der Waals surface area contributed by atoms with Crippen LogP contribution in [0.2, 0.25) is 0 Å². The van der Waals surface area contributed by atoms with E-state index < -0.39 is 35.2 Å². The Balaban J connectivity index is 2.42. The number of carbonyl (C=O) groups is 1. The number of aliphatic hydroxyl groups excluding tert-OH is 1. The van der Waals surface area contributed by atoms with E-state index in [1.807, 2.05) is 0 Å². The monoisotopic (exact) mass is 387 g/mol. The minimum Gasteiger partial charge on any atom is -0.495 e. The molecule has 0 aliphatic carbocycles. The first-order chi connectivity index (χ1) is 12.5. The van der Waals surface area contributed by atoms with E-state index in [0.29, 0.717) is 6.42 Å². The van der Waals surface area contributed by atoms with Gasteiger partial charge in [-0.05, 0) is 34.1 Å². The predicted molar refractivity (Wildman–Crippen MR) is 97.1 cm³/mol. The first-order valence-corrected chi connectivity index (χ1v) is 9.42. The van der Waals surface area contributed by atoms with Gasteiger partial charge in [0.25, 0.3) is 5.91 Å². The number of nitrogens with zero attached hydrogens (tertiary/aromatic N) is 1. The number of hydrogen-bond acceptors (Lipinski definition) is 7. The SMILES string of the molecule is CCCCC[C@H]1OC(C)(C)O[C@]1(C)[C@H](O)C1=C(OC)C(C)(O)N(OC)C1=O. The van der Waals surface area contributed by atoms with E-state index in [9.17, 15) is 15.0 Å². The maximum atomic E-state index is 12.8. The topological polar surface area (TPSA) is 97.7 Å². The molecule has 2 aliphatic heterocycles. The number of amides is 1. The lowest BCUT2D eigenvalue weighted by Gasteiger charge is -2.34. The molecule has 1 amide bonds. The summed E-state index contributed by atoms with van der Waals surface area (Å²) in [5.41, 5.74) is -3.11. The molecule has 4 atom stereocenters. The Kier molecular flexibility index (Phi) is 6.28. The summed E-state index contributed by atoms with van der Waals surface area (Å²) in [6.07, 6.45) is 1.88. The van der Waals surface area contributed by atoms with Crippen molar-refractivity contribution in [2.75, 3.05) is 14.2 Å². The van der Waals surface area contributed by atoms with Crippen LogP contribution in [-0.4, -0.2) is 64.7 Å². The van der Waals surface area contributed by atoms with Crippen LogP contribution in [0.3, 0.4) is 0 Å². The van der Waals surface area contributed by atoms with E-state index in [0.717, 1.165) is 24.3 Å². The fourth-order valence-electron chi connectivity index (χ4n) is 4.08. The summed E-state index contributed by atoms with van der Waals surface area (Å²) in [5, 5.41) is 22.7. The van der Waals surface area contributed by atoms with Crippen LogP contribution < -0.4 is 0 Å². The minimum absolute atomic E-state index is 0.0660. The molecule has 156 valence electrons. The Bertz CT molecular complexity index is 601. The van der Waals surface area contributed by atoms with Crippen LogP contribution in [0.1, 0.15) is 60.3 Å². The highest BCUT2D eigenvalue weighted by Crippen LogP contribution is 2.46. The van der Waals surface area contributed by atoms with Crippen molar-refractivity contribution in [3.63, 3.8) is 0 Å². The zero-order chi connectivity index (χ0) is 20.6. The van der Waals surface area contributed by atoms with Crippen molar-refractivity contribution >= 4 is 5.91 Å². The third kappa shape index (κ3) is 3.73. The highest BCUT2D eigenvalue weighted by molar-refractivity contribution is 5.98. The molecule has 0 aromatic carbocycles. The average molecular weight is 387 g/mol. The van der Waals surface area contributed by atoms with E-state index in [-0.39, 0.29) is 11.3 Å². The fraction of sp³-hybridized carbons (Fsp3) is 0.842. The number of aliphatic hydroxyl groups is 2. The van der Waals surface area contributed by atoms with Crippen LogP contribution in [0.25, 0.3) is 0 Å². The Hall–Kier alpha value is -1.19. The van der Waals surface area contributed by atoms with Crippen molar-refractivity contribution in [3.05, 3.63) is 11.3 Å². The van der Waals surface area contributed by atoms with Crippen LogP contribution in [0.15, 0.2) is 11.3 Å². The quantitative estimate of drug-likeness (QED) is 0.613. The summed E-state index contributed by atoms with van der Waals surface area (Å²) in [6.45, 7) is 8.75. The first kappa shape index (κ1) is 22.1. The van der Waals surface area contributed by atoms with Gasteiger partial charge < -0.3 is 24.4 Å². The molecule has 2 rings (SSSR count). The Labute approximate surface area is 161 Å². The van der Waals surface area contributed by atoms with Gasteiger partial charge in [-0.1, -0.05) is 26.2 Å². The van der Waals surface area contributed by atoms with Gasteiger partial charge in [-0.15, -0.1) is 0 Å². The van der Waals surface area contributed by atoms with Gasteiger partial charge in [0.1, 0.15) is 11.7 Å². The van der Waals surface area contributed by atoms with Crippen molar-refractivity contribution in [2.24, 2.45) is 0 Å². The lowest BCUT2D eigenvalue weighted by molar-refractivity contribution is -0.244. The van der Waals surface area contributed by atoms with E-state index in [4.69, 9.17) is 19.0 Å². The number of methoxy groups -OCH3 is 1. The minimum atomic E-state index is -1.83. The van der Waals surface area contributed by atoms with Crippen LogP contribution in [-0.2, 0) is 23.8 Å². The molecule has 2 N–H and O–H groups in total. The molecule has 2 aliphatic rings. The molecule has 0 spiro atoms. The lowest BCUT2D eigenvalue weighted by atomic mass is 9.84. The third-order valence-corrected chi connectivity index (χ3v) is 5.29. The molecule has 0 bridgehead atoms. The fourth-order valence-corrected chi connectivity index (χ4v) is 4.08. The van der Waals surface area contributed by atoms with Gasteiger partial charge in [-0.25, -0.2) is 0 Å². The zero-order valence-corrected chi connectivity index (χ0v) is 17.4. The van der Waals surface area contributed by atoms with Gasteiger partial charge in [-0.3, -0.25) is 9.63 Å². The van der Waals surface area contributed by atoms with E-state index >= 15 is 0 Å². The predicted octanol–water partition coefficient (Wildman–Crippen LogP) is 1.85. The molecule has 0 saturated carbocycles. The largest absolute Gasteiger partial charge is 0.495 e. The molecule has 0 aromatic heterocycles. The normalized spacial score (nSPS) is 34.5.